The minimum atomic E-state index is 0.105. The number of benzene rings is 1. The highest BCUT2D eigenvalue weighted by atomic mass is 16.5. The molecule has 0 aliphatic heterocycles. The van der Waals surface area contributed by atoms with E-state index in [-0.39, 0.29) is 5.41 Å². The third-order valence-corrected chi connectivity index (χ3v) is 4.90. The summed E-state index contributed by atoms with van der Waals surface area (Å²) < 4.78 is 5.35. The summed E-state index contributed by atoms with van der Waals surface area (Å²) >= 11 is 0. The van der Waals surface area contributed by atoms with Crippen LogP contribution in [-0.4, -0.2) is 13.2 Å². The van der Waals surface area contributed by atoms with Gasteiger partial charge < -0.3 is 10.5 Å². The van der Waals surface area contributed by atoms with Crippen molar-refractivity contribution >= 4 is 0 Å². The smallest absolute Gasteiger partial charge is 0.119 e. The fourth-order valence-electron chi connectivity index (χ4n) is 3.56. The van der Waals surface area contributed by atoms with Crippen LogP contribution in [0, 0.1) is 11.8 Å². The zero-order valence-electron chi connectivity index (χ0n) is 12.6. The van der Waals surface area contributed by atoms with Gasteiger partial charge in [-0.15, -0.1) is 0 Å². The van der Waals surface area contributed by atoms with Gasteiger partial charge in [-0.3, -0.25) is 0 Å². The highest BCUT2D eigenvalue weighted by Crippen LogP contribution is 2.42. The van der Waals surface area contributed by atoms with Gasteiger partial charge in [0.2, 0.25) is 0 Å². The molecule has 0 aromatic heterocycles. The van der Waals surface area contributed by atoms with Crippen molar-refractivity contribution in [1.82, 2.24) is 0 Å². The molecule has 0 bridgehead atoms. The van der Waals surface area contributed by atoms with Crippen LogP contribution < -0.4 is 10.5 Å². The molecule has 0 radical (unpaired) electrons. The lowest BCUT2D eigenvalue weighted by Gasteiger charge is -2.43. The van der Waals surface area contributed by atoms with E-state index >= 15 is 0 Å². The first-order valence-corrected chi connectivity index (χ1v) is 7.35. The minimum absolute atomic E-state index is 0.105. The Kier molecular flexibility index (Phi) is 4.19. The van der Waals surface area contributed by atoms with E-state index in [9.17, 15) is 0 Å². The van der Waals surface area contributed by atoms with E-state index in [1.165, 1.54) is 18.4 Å². The molecule has 19 heavy (non-hydrogen) atoms. The van der Waals surface area contributed by atoms with E-state index in [1.54, 1.807) is 7.11 Å². The van der Waals surface area contributed by atoms with Gasteiger partial charge in [0.25, 0.3) is 0 Å². The van der Waals surface area contributed by atoms with E-state index in [0.29, 0.717) is 12.0 Å². The van der Waals surface area contributed by atoms with E-state index < -0.39 is 0 Å². The van der Waals surface area contributed by atoms with E-state index in [4.69, 9.17) is 10.5 Å². The first kappa shape index (κ1) is 14.4. The molecule has 2 rings (SSSR count). The topological polar surface area (TPSA) is 35.2 Å². The van der Waals surface area contributed by atoms with Crippen LogP contribution in [0.4, 0.5) is 0 Å². The van der Waals surface area contributed by atoms with Crippen LogP contribution in [0.1, 0.15) is 45.6 Å². The molecular weight excluding hydrogens is 234 g/mol. The van der Waals surface area contributed by atoms with E-state index in [2.05, 4.69) is 39.0 Å². The van der Waals surface area contributed by atoms with Gasteiger partial charge in [0.15, 0.2) is 0 Å². The van der Waals surface area contributed by atoms with Gasteiger partial charge in [-0.1, -0.05) is 39.3 Å². The molecule has 106 valence electrons. The molecular formula is C17H27NO. The maximum absolute atomic E-state index is 6.43. The van der Waals surface area contributed by atoms with Gasteiger partial charge in [0.1, 0.15) is 5.75 Å². The SMILES string of the molecule is COc1cccc(C(C)(C)C2CCC(C)CC2N)c1. The lowest BCUT2D eigenvalue weighted by Crippen LogP contribution is -2.45. The van der Waals surface area contributed by atoms with E-state index in [1.807, 2.05) is 6.07 Å². The van der Waals surface area contributed by atoms with Crippen LogP contribution in [0.15, 0.2) is 24.3 Å². The Balaban J connectivity index is 2.25. The van der Waals surface area contributed by atoms with Crippen molar-refractivity contribution < 1.29 is 4.74 Å². The van der Waals surface area contributed by atoms with E-state index in [0.717, 1.165) is 18.1 Å². The van der Waals surface area contributed by atoms with Gasteiger partial charge in [-0.25, -0.2) is 0 Å². The molecule has 1 aromatic rings. The predicted molar refractivity (Wildman–Crippen MR) is 80.5 cm³/mol. The Morgan fingerprint density at radius 3 is 2.63 bits per heavy atom. The molecule has 0 spiro atoms. The standard InChI is InChI=1S/C17H27NO/c1-12-8-9-15(16(18)10-12)17(2,3)13-6-5-7-14(11-13)19-4/h5-7,11-12,15-16H,8-10,18H2,1-4H3. The van der Waals surface area contributed by atoms with Gasteiger partial charge in [-0.05, 0) is 47.8 Å². The first-order chi connectivity index (χ1) is 8.95. The second-order valence-corrected chi connectivity index (χ2v) is 6.64. The number of methoxy groups -OCH3 is 1. The third-order valence-electron chi connectivity index (χ3n) is 4.90. The molecule has 3 atom stereocenters. The second-order valence-electron chi connectivity index (χ2n) is 6.64. The van der Waals surface area contributed by atoms with Crippen molar-refractivity contribution in [2.45, 2.75) is 51.5 Å². The molecule has 2 N–H and O–H groups in total. The van der Waals surface area contributed by atoms with Gasteiger partial charge in [0, 0.05) is 6.04 Å². The normalized spacial score (nSPS) is 28.2. The molecule has 1 fully saturated rings. The summed E-state index contributed by atoms with van der Waals surface area (Å²) in [4.78, 5) is 0. The summed E-state index contributed by atoms with van der Waals surface area (Å²) in [7, 11) is 1.72. The molecule has 0 saturated heterocycles. The largest absolute Gasteiger partial charge is 0.497 e. The third kappa shape index (κ3) is 2.94. The zero-order chi connectivity index (χ0) is 14.0. The van der Waals surface area contributed by atoms with Crippen LogP contribution >= 0.6 is 0 Å². The highest BCUT2D eigenvalue weighted by Gasteiger charge is 2.38. The molecule has 0 amide bonds. The van der Waals surface area contributed by atoms with Gasteiger partial charge in [-0.2, -0.15) is 0 Å². The van der Waals surface area contributed by atoms with Crippen molar-refractivity contribution in [2.75, 3.05) is 7.11 Å². The number of hydrogen-bond donors (Lipinski definition) is 1. The first-order valence-electron chi connectivity index (χ1n) is 7.35. The maximum atomic E-state index is 6.43. The Hall–Kier alpha value is -1.02. The fraction of sp³-hybridized carbons (Fsp3) is 0.647. The number of rotatable bonds is 3. The Morgan fingerprint density at radius 2 is 2.00 bits per heavy atom. The molecule has 1 aromatic carbocycles. The average molecular weight is 261 g/mol. The van der Waals surface area contributed by atoms with Crippen LogP contribution in [-0.2, 0) is 5.41 Å². The number of nitrogens with two attached hydrogens (primary N) is 1. The zero-order valence-corrected chi connectivity index (χ0v) is 12.6. The summed E-state index contributed by atoms with van der Waals surface area (Å²) in [6, 6.07) is 8.75. The van der Waals surface area contributed by atoms with Crippen LogP contribution in [0.25, 0.3) is 0 Å². The van der Waals surface area contributed by atoms with Crippen LogP contribution in [0.2, 0.25) is 0 Å². The van der Waals surface area contributed by atoms with Crippen molar-refractivity contribution in [3.05, 3.63) is 29.8 Å². The number of ether oxygens (including phenoxy) is 1. The minimum Gasteiger partial charge on any atom is -0.497 e. The number of hydrogen-bond acceptors (Lipinski definition) is 2. The van der Waals surface area contributed by atoms with Crippen molar-refractivity contribution in [3.63, 3.8) is 0 Å². The maximum Gasteiger partial charge on any atom is 0.119 e. The summed E-state index contributed by atoms with van der Waals surface area (Å²) in [6.07, 6.45) is 3.68. The Bertz CT molecular complexity index is 427. The average Bonchev–Trinajstić information content (AvgIpc) is 2.38. The van der Waals surface area contributed by atoms with Crippen molar-refractivity contribution in [1.29, 1.82) is 0 Å². The lowest BCUT2D eigenvalue weighted by molar-refractivity contribution is 0.171. The summed E-state index contributed by atoms with van der Waals surface area (Å²) in [5.74, 6) is 2.26. The monoisotopic (exact) mass is 261 g/mol. The molecule has 0 heterocycles. The van der Waals surface area contributed by atoms with Crippen LogP contribution in [0.5, 0.6) is 5.75 Å². The summed E-state index contributed by atoms with van der Waals surface area (Å²) in [5.41, 5.74) is 7.87. The molecule has 1 aliphatic rings. The molecule has 1 saturated carbocycles. The quantitative estimate of drug-likeness (QED) is 0.899. The molecule has 2 nitrogen and oxygen atoms in total. The summed E-state index contributed by atoms with van der Waals surface area (Å²) in [5, 5.41) is 0. The van der Waals surface area contributed by atoms with Gasteiger partial charge in [0.05, 0.1) is 7.11 Å². The fourth-order valence-corrected chi connectivity index (χ4v) is 3.56. The van der Waals surface area contributed by atoms with Crippen LogP contribution in [0.3, 0.4) is 0 Å². The molecule has 1 aliphatic carbocycles. The second kappa shape index (κ2) is 5.54. The van der Waals surface area contributed by atoms with Crippen molar-refractivity contribution in [2.24, 2.45) is 17.6 Å². The highest BCUT2D eigenvalue weighted by molar-refractivity contribution is 5.34. The predicted octanol–water partition coefficient (Wildman–Crippen LogP) is 3.74. The lowest BCUT2D eigenvalue weighted by atomic mass is 9.64. The van der Waals surface area contributed by atoms with Crippen molar-refractivity contribution in [3.8, 4) is 5.75 Å². The Morgan fingerprint density at radius 1 is 1.26 bits per heavy atom. The Labute approximate surface area is 117 Å². The molecule has 2 heteroatoms. The van der Waals surface area contributed by atoms with Gasteiger partial charge >= 0.3 is 0 Å². The molecule has 3 unspecified atom stereocenters. The summed E-state index contributed by atoms with van der Waals surface area (Å²) in [6.45, 7) is 6.96.